The second kappa shape index (κ2) is 8.72. The SMILES string of the molecule is CC1(C)CCCN(S(=O)(=O)c2cccc(CNCc3ccc(Cl)cc3Cl)c2)C1. The summed E-state index contributed by atoms with van der Waals surface area (Å²) in [5.41, 5.74) is 1.88. The van der Waals surface area contributed by atoms with Crippen molar-refractivity contribution in [2.24, 2.45) is 5.41 Å². The summed E-state index contributed by atoms with van der Waals surface area (Å²) in [6.45, 7) is 6.52. The summed E-state index contributed by atoms with van der Waals surface area (Å²) in [5, 5.41) is 4.53. The van der Waals surface area contributed by atoms with Crippen LogP contribution in [0.25, 0.3) is 0 Å². The topological polar surface area (TPSA) is 49.4 Å². The Hall–Kier alpha value is -1.11. The highest BCUT2D eigenvalue weighted by Crippen LogP contribution is 2.32. The Morgan fingerprint density at radius 3 is 2.61 bits per heavy atom. The first-order valence-corrected chi connectivity index (χ1v) is 11.6. The second-order valence-corrected chi connectivity index (χ2v) is 10.9. The van der Waals surface area contributed by atoms with Gasteiger partial charge in [-0.15, -0.1) is 0 Å². The minimum absolute atomic E-state index is 0.0162. The minimum atomic E-state index is -3.47. The summed E-state index contributed by atoms with van der Waals surface area (Å²) in [6.07, 6.45) is 1.95. The van der Waals surface area contributed by atoms with Gasteiger partial charge in [0, 0.05) is 36.2 Å². The van der Waals surface area contributed by atoms with E-state index in [1.165, 1.54) is 0 Å². The van der Waals surface area contributed by atoms with E-state index in [0.717, 1.165) is 24.0 Å². The van der Waals surface area contributed by atoms with Gasteiger partial charge in [-0.3, -0.25) is 0 Å². The standard InChI is InChI=1S/C21H26Cl2N2O2S/c1-21(2)9-4-10-25(15-21)28(26,27)19-6-3-5-16(11-19)13-24-14-17-7-8-18(22)12-20(17)23/h3,5-8,11-12,24H,4,9-10,13-15H2,1-2H3. The number of halogens is 2. The Morgan fingerprint density at radius 1 is 1.11 bits per heavy atom. The molecule has 0 atom stereocenters. The number of sulfonamides is 1. The maximum absolute atomic E-state index is 13.1. The summed E-state index contributed by atoms with van der Waals surface area (Å²) < 4.78 is 27.8. The Kier molecular flexibility index (Phi) is 6.72. The number of hydrogen-bond donors (Lipinski definition) is 1. The first-order chi connectivity index (χ1) is 13.2. The zero-order valence-corrected chi connectivity index (χ0v) is 18.5. The maximum Gasteiger partial charge on any atom is 0.243 e. The van der Waals surface area contributed by atoms with E-state index in [-0.39, 0.29) is 5.41 Å². The number of rotatable bonds is 6. The van der Waals surface area contributed by atoms with Crippen LogP contribution in [0.4, 0.5) is 0 Å². The molecule has 0 amide bonds. The van der Waals surface area contributed by atoms with Gasteiger partial charge >= 0.3 is 0 Å². The first kappa shape index (κ1) is 21.6. The van der Waals surface area contributed by atoms with Crippen molar-refractivity contribution < 1.29 is 8.42 Å². The van der Waals surface area contributed by atoms with E-state index >= 15 is 0 Å². The Balaban J connectivity index is 1.68. The molecular formula is C21H26Cl2N2O2S. The molecule has 1 N–H and O–H groups in total. The van der Waals surface area contributed by atoms with Crippen molar-refractivity contribution >= 4 is 33.2 Å². The normalized spacial score (nSPS) is 17.6. The molecule has 1 heterocycles. The zero-order valence-electron chi connectivity index (χ0n) is 16.2. The monoisotopic (exact) mass is 440 g/mol. The number of piperidine rings is 1. The van der Waals surface area contributed by atoms with Crippen molar-refractivity contribution in [3.05, 3.63) is 63.6 Å². The third-order valence-corrected chi connectivity index (χ3v) is 7.49. The lowest BCUT2D eigenvalue weighted by molar-refractivity contribution is 0.187. The van der Waals surface area contributed by atoms with Gasteiger partial charge in [-0.2, -0.15) is 4.31 Å². The van der Waals surface area contributed by atoms with Crippen LogP contribution < -0.4 is 5.32 Å². The third-order valence-electron chi connectivity index (χ3n) is 5.06. The Morgan fingerprint density at radius 2 is 1.89 bits per heavy atom. The fourth-order valence-electron chi connectivity index (χ4n) is 3.55. The minimum Gasteiger partial charge on any atom is -0.309 e. The van der Waals surface area contributed by atoms with Gasteiger partial charge in [-0.25, -0.2) is 8.42 Å². The molecule has 28 heavy (non-hydrogen) atoms. The van der Waals surface area contributed by atoms with E-state index in [1.807, 2.05) is 12.1 Å². The van der Waals surface area contributed by atoms with Gasteiger partial charge in [-0.1, -0.05) is 55.2 Å². The lowest BCUT2D eigenvalue weighted by Gasteiger charge is -2.37. The van der Waals surface area contributed by atoms with Crippen LogP contribution >= 0.6 is 23.2 Å². The highest BCUT2D eigenvalue weighted by atomic mass is 35.5. The van der Waals surface area contributed by atoms with Gasteiger partial charge in [0.2, 0.25) is 10.0 Å². The number of nitrogens with zero attached hydrogens (tertiary/aromatic N) is 1. The highest BCUT2D eigenvalue weighted by molar-refractivity contribution is 7.89. The molecule has 3 rings (SSSR count). The lowest BCUT2D eigenvalue weighted by Crippen LogP contribution is -2.43. The molecule has 0 spiro atoms. The van der Waals surface area contributed by atoms with Gasteiger partial charge in [0.1, 0.15) is 0 Å². The Bertz CT molecular complexity index is 945. The summed E-state index contributed by atoms with van der Waals surface area (Å²) in [5.74, 6) is 0. The predicted octanol–water partition coefficient (Wildman–Crippen LogP) is 5.09. The van der Waals surface area contributed by atoms with E-state index in [9.17, 15) is 8.42 Å². The predicted molar refractivity (Wildman–Crippen MR) is 115 cm³/mol. The van der Waals surface area contributed by atoms with Crippen LogP contribution in [0.3, 0.4) is 0 Å². The van der Waals surface area contributed by atoms with Gasteiger partial charge in [0.15, 0.2) is 0 Å². The molecule has 152 valence electrons. The van der Waals surface area contributed by atoms with Gasteiger partial charge in [0.25, 0.3) is 0 Å². The van der Waals surface area contributed by atoms with E-state index in [4.69, 9.17) is 23.2 Å². The molecule has 0 saturated carbocycles. The summed E-state index contributed by atoms with van der Waals surface area (Å²) in [4.78, 5) is 0.356. The quantitative estimate of drug-likeness (QED) is 0.679. The highest BCUT2D eigenvalue weighted by Gasteiger charge is 2.34. The second-order valence-electron chi connectivity index (χ2n) is 8.09. The molecule has 0 bridgehead atoms. The molecule has 1 fully saturated rings. The van der Waals surface area contributed by atoms with Crippen LogP contribution in [0.2, 0.25) is 10.0 Å². The van der Waals surface area contributed by atoms with Crippen molar-refractivity contribution in [2.75, 3.05) is 13.1 Å². The fourth-order valence-corrected chi connectivity index (χ4v) is 5.76. The van der Waals surface area contributed by atoms with Crippen molar-refractivity contribution in [3.8, 4) is 0 Å². The van der Waals surface area contributed by atoms with Gasteiger partial charge < -0.3 is 5.32 Å². The largest absolute Gasteiger partial charge is 0.309 e. The van der Waals surface area contributed by atoms with Gasteiger partial charge in [0.05, 0.1) is 4.90 Å². The average Bonchev–Trinajstić information content (AvgIpc) is 2.63. The number of benzene rings is 2. The fraction of sp³-hybridized carbons (Fsp3) is 0.429. The number of hydrogen-bond acceptors (Lipinski definition) is 3. The average molecular weight is 441 g/mol. The zero-order chi connectivity index (χ0) is 20.4. The first-order valence-electron chi connectivity index (χ1n) is 9.41. The Labute approximate surface area is 177 Å². The molecule has 1 saturated heterocycles. The molecule has 0 aromatic heterocycles. The van der Waals surface area contributed by atoms with E-state index < -0.39 is 10.0 Å². The van der Waals surface area contributed by atoms with Crippen molar-refractivity contribution in [3.63, 3.8) is 0 Å². The van der Waals surface area contributed by atoms with Gasteiger partial charge in [-0.05, 0) is 53.6 Å². The van der Waals surface area contributed by atoms with E-state index in [2.05, 4.69) is 19.2 Å². The molecule has 2 aromatic rings. The van der Waals surface area contributed by atoms with Crippen LogP contribution in [-0.2, 0) is 23.1 Å². The molecule has 7 heteroatoms. The van der Waals surface area contributed by atoms with E-state index in [1.54, 1.807) is 34.6 Å². The third kappa shape index (κ3) is 5.28. The van der Waals surface area contributed by atoms with Crippen LogP contribution in [0.15, 0.2) is 47.4 Å². The molecule has 0 radical (unpaired) electrons. The van der Waals surface area contributed by atoms with Crippen molar-refractivity contribution in [2.45, 2.75) is 44.7 Å². The molecule has 0 aliphatic carbocycles. The molecular weight excluding hydrogens is 415 g/mol. The molecule has 4 nitrogen and oxygen atoms in total. The lowest BCUT2D eigenvalue weighted by atomic mass is 9.85. The van der Waals surface area contributed by atoms with Crippen molar-refractivity contribution in [1.82, 2.24) is 9.62 Å². The van der Waals surface area contributed by atoms with Crippen LogP contribution in [0.5, 0.6) is 0 Å². The maximum atomic E-state index is 13.1. The van der Waals surface area contributed by atoms with Crippen LogP contribution in [0, 0.1) is 5.41 Å². The molecule has 1 aliphatic rings. The summed E-state index contributed by atoms with van der Waals surface area (Å²) >= 11 is 12.1. The van der Waals surface area contributed by atoms with Crippen molar-refractivity contribution in [1.29, 1.82) is 0 Å². The summed E-state index contributed by atoms with van der Waals surface area (Å²) in [7, 11) is -3.47. The van der Waals surface area contributed by atoms with E-state index in [0.29, 0.717) is 41.1 Å². The molecule has 2 aromatic carbocycles. The smallest absolute Gasteiger partial charge is 0.243 e. The van der Waals surface area contributed by atoms with Crippen LogP contribution in [0.1, 0.15) is 37.8 Å². The summed E-state index contributed by atoms with van der Waals surface area (Å²) in [6, 6.07) is 12.6. The van der Waals surface area contributed by atoms with Crippen LogP contribution in [-0.4, -0.2) is 25.8 Å². The number of nitrogens with one attached hydrogen (secondary N) is 1. The molecule has 0 unspecified atom stereocenters. The molecule has 1 aliphatic heterocycles.